The van der Waals surface area contributed by atoms with Crippen molar-refractivity contribution in [3.8, 4) is 28.3 Å². The van der Waals surface area contributed by atoms with Crippen molar-refractivity contribution >= 4 is 32.2 Å². The van der Waals surface area contributed by atoms with E-state index in [2.05, 4.69) is 30.6 Å². The number of aromatic nitrogens is 6. The van der Waals surface area contributed by atoms with E-state index in [0.717, 1.165) is 51.8 Å². The predicted octanol–water partition coefficient (Wildman–Crippen LogP) is 3.64. The number of piperidine rings is 1. The van der Waals surface area contributed by atoms with Gasteiger partial charge in [0.15, 0.2) is 5.65 Å². The maximum Gasteiger partial charge on any atom is 0.213 e. The Hall–Kier alpha value is -3.83. The van der Waals surface area contributed by atoms with Crippen molar-refractivity contribution in [3.63, 3.8) is 0 Å². The van der Waals surface area contributed by atoms with Crippen LogP contribution in [0.1, 0.15) is 18.9 Å². The van der Waals surface area contributed by atoms with Gasteiger partial charge in [0.25, 0.3) is 0 Å². The van der Waals surface area contributed by atoms with Gasteiger partial charge in [0.1, 0.15) is 5.52 Å². The Labute approximate surface area is 208 Å². The van der Waals surface area contributed by atoms with Crippen molar-refractivity contribution in [2.75, 3.05) is 26.5 Å². The maximum absolute atomic E-state index is 12.1. The lowest BCUT2D eigenvalue weighted by Gasteiger charge is -2.32. The van der Waals surface area contributed by atoms with Gasteiger partial charge in [0.2, 0.25) is 15.9 Å². The number of sulfonamides is 1. The van der Waals surface area contributed by atoms with E-state index in [-0.39, 0.29) is 6.04 Å². The number of pyridine rings is 1. The molecule has 1 unspecified atom stereocenters. The van der Waals surface area contributed by atoms with Crippen molar-refractivity contribution in [1.82, 2.24) is 33.8 Å². The van der Waals surface area contributed by atoms with E-state index in [4.69, 9.17) is 9.72 Å². The second-order valence-corrected chi connectivity index (χ2v) is 11.0. The maximum atomic E-state index is 12.1. The number of ether oxygens (including phenoxy) is 1. The molecule has 0 saturated carbocycles. The second kappa shape index (κ2) is 8.68. The molecule has 0 bridgehead atoms. The van der Waals surface area contributed by atoms with Gasteiger partial charge in [-0.25, -0.2) is 32.7 Å². The molecule has 1 aliphatic rings. The first-order chi connectivity index (χ1) is 17.4. The lowest BCUT2D eigenvalue weighted by molar-refractivity contribution is 0.271. The number of H-pyrrole nitrogens is 1. The highest BCUT2D eigenvalue weighted by Crippen LogP contribution is 2.33. The van der Waals surface area contributed by atoms with Gasteiger partial charge >= 0.3 is 0 Å². The van der Waals surface area contributed by atoms with Crippen LogP contribution in [0.4, 0.5) is 0 Å². The number of rotatable bonds is 5. The van der Waals surface area contributed by atoms with Crippen LogP contribution in [0.5, 0.6) is 5.88 Å². The molecular weight excluding hydrogens is 478 g/mol. The van der Waals surface area contributed by atoms with E-state index in [0.29, 0.717) is 24.6 Å². The average molecular weight is 504 g/mol. The van der Waals surface area contributed by atoms with Gasteiger partial charge in [0.05, 0.1) is 42.6 Å². The number of hydrogen-bond acceptors (Lipinski definition) is 7. The zero-order valence-corrected chi connectivity index (χ0v) is 20.7. The Morgan fingerprint density at radius 2 is 2.00 bits per heavy atom. The molecule has 11 heteroatoms. The van der Waals surface area contributed by atoms with Crippen molar-refractivity contribution < 1.29 is 13.2 Å². The van der Waals surface area contributed by atoms with E-state index in [1.165, 1.54) is 6.26 Å². The Morgan fingerprint density at radius 3 is 2.83 bits per heavy atom. The number of fused-ring (bicyclic) bond motifs is 2. The topological polar surface area (TPSA) is 119 Å². The highest BCUT2D eigenvalue weighted by Gasteiger charge is 2.27. The Morgan fingerprint density at radius 1 is 1.11 bits per heavy atom. The number of aromatic amines is 1. The van der Waals surface area contributed by atoms with Crippen LogP contribution in [-0.4, -0.2) is 68.7 Å². The van der Waals surface area contributed by atoms with Crippen molar-refractivity contribution in [2.45, 2.75) is 18.9 Å². The molecule has 1 atom stereocenters. The minimum atomic E-state index is -3.23. The van der Waals surface area contributed by atoms with Crippen LogP contribution in [0.2, 0.25) is 0 Å². The molecule has 1 N–H and O–H groups in total. The first kappa shape index (κ1) is 22.6. The molecule has 5 aromatic rings. The lowest BCUT2D eigenvalue weighted by Crippen LogP contribution is -2.39. The van der Waals surface area contributed by atoms with E-state index < -0.39 is 10.0 Å². The summed E-state index contributed by atoms with van der Waals surface area (Å²) in [7, 11) is -1.65. The molecule has 6 rings (SSSR count). The standard InChI is InChI=1S/C25H25N7O3S/c1-35-23-11-17(7-8-26-23)21-13-28-25-24(30-21)19(12-27-25)16-5-6-20-22(10-16)32(15-29-20)18-4-3-9-31(14-18)36(2,33)34/h5-8,10-13,15,18H,3-4,9,14H2,1-2H3,(H,27,28). The van der Waals surface area contributed by atoms with Crippen LogP contribution in [0, 0.1) is 0 Å². The minimum Gasteiger partial charge on any atom is -0.481 e. The van der Waals surface area contributed by atoms with Crippen LogP contribution in [0.25, 0.3) is 44.6 Å². The van der Waals surface area contributed by atoms with Crippen LogP contribution in [0.15, 0.2) is 55.2 Å². The first-order valence-electron chi connectivity index (χ1n) is 11.7. The van der Waals surface area contributed by atoms with E-state index in [1.807, 2.05) is 36.8 Å². The molecule has 36 heavy (non-hydrogen) atoms. The molecule has 4 aromatic heterocycles. The fourth-order valence-corrected chi connectivity index (χ4v) is 5.77. The summed E-state index contributed by atoms with van der Waals surface area (Å²) in [5, 5.41) is 0. The molecule has 10 nitrogen and oxygen atoms in total. The van der Waals surface area contributed by atoms with Crippen LogP contribution < -0.4 is 4.74 Å². The summed E-state index contributed by atoms with van der Waals surface area (Å²) < 4.78 is 33.2. The monoisotopic (exact) mass is 503 g/mol. The number of nitrogens with one attached hydrogen (secondary N) is 1. The Balaban J connectivity index is 1.40. The van der Waals surface area contributed by atoms with Gasteiger partial charge in [-0.1, -0.05) is 6.07 Å². The van der Waals surface area contributed by atoms with Crippen LogP contribution >= 0.6 is 0 Å². The highest BCUT2D eigenvalue weighted by molar-refractivity contribution is 7.88. The molecular formula is C25H25N7O3S. The summed E-state index contributed by atoms with van der Waals surface area (Å²) in [5.74, 6) is 0.513. The number of imidazole rings is 1. The molecule has 1 aromatic carbocycles. The number of methoxy groups -OCH3 is 1. The highest BCUT2D eigenvalue weighted by atomic mass is 32.2. The third-order valence-electron chi connectivity index (χ3n) is 6.73. The Kier molecular flexibility index (Phi) is 5.45. The fourth-order valence-electron chi connectivity index (χ4n) is 4.86. The van der Waals surface area contributed by atoms with Crippen molar-refractivity contribution in [1.29, 1.82) is 0 Å². The molecule has 0 radical (unpaired) electrons. The van der Waals surface area contributed by atoms with Crippen molar-refractivity contribution in [3.05, 3.63) is 55.2 Å². The van der Waals surface area contributed by atoms with Gasteiger partial charge in [0, 0.05) is 48.7 Å². The van der Waals surface area contributed by atoms with E-state index in [9.17, 15) is 8.42 Å². The lowest BCUT2D eigenvalue weighted by atomic mass is 10.1. The van der Waals surface area contributed by atoms with Gasteiger partial charge in [-0.3, -0.25) is 0 Å². The van der Waals surface area contributed by atoms with Gasteiger partial charge in [-0.05, 0) is 36.6 Å². The molecule has 5 heterocycles. The Bertz CT molecular complexity index is 1690. The summed E-state index contributed by atoms with van der Waals surface area (Å²) in [4.78, 5) is 21.4. The molecule has 1 fully saturated rings. The molecule has 1 saturated heterocycles. The smallest absolute Gasteiger partial charge is 0.213 e. The number of nitrogens with zero attached hydrogens (tertiary/aromatic N) is 6. The second-order valence-electron chi connectivity index (χ2n) is 9.01. The summed E-state index contributed by atoms with van der Waals surface area (Å²) in [6, 6.07) is 9.84. The predicted molar refractivity (Wildman–Crippen MR) is 137 cm³/mol. The fraction of sp³-hybridized carbons (Fsp3) is 0.280. The summed E-state index contributed by atoms with van der Waals surface area (Å²) in [6.45, 7) is 1.01. The normalized spacial score (nSPS) is 17.1. The van der Waals surface area contributed by atoms with Gasteiger partial charge < -0.3 is 14.3 Å². The number of hydrogen-bond donors (Lipinski definition) is 1. The van der Waals surface area contributed by atoms with Crippen molar-refractivity contribution in [2.24, 2.45) is 0 Å². The molecule has 0 spiro atoms. The first-order valence-corrected chi connectivity index (χ1v) is 13.5. The average Bonchev–Trinajstić information content (AvgIpc) is 3.52. The molecule has 184 valence electrons. The summed E-state index contributed by atoms with van der Waals surface area (Å²) >= 11 is 0. The summed E-state index contributed by atoms with van der Waals surface area (Å²) in [6.07, 6.45) is 10.1. The van der Waals surface area contributed by atoms with Gasteiger partial charge in [-0.2, -0.15) is 0 Å². The molecule has 1 aliphatic heterocycles. The largest absolute Gasteiger partial charge is 0.481 e. The zero-order chi connectivity index (χ0) is 24.9. The third-order valence-corrected chi connectivity index (χ3v) is 8.00. The van der Waals surface area contributed by atoms with E-state index in [1.54, 1.807) is 23.8 Å². The van der Waals surface area contributed by atoms with Crippen LogP contribution in [0.3, 0.4) is 0 Å². The zero-order valence-electron chi connectivity index (χ0n) is 19.9. The molecule has 0 amide bonds. The van der Waals surface area contributed by atoms with Crippen LogP contribution in [-0.2, 0) is 10.0 Å². The summed E-state index contributed by atoms with van der Waals surface area (Å²) in [5.41, 5.74) is 6.77. The van der Waals surface area contributed by atoms with E-state index >= 15 is 0 Å². The number of benzene rings is 1. The quantitative estimate of drug-likeness (QED) is 0.389. The SMILES string of the molecule is COc1cc(-c2cnc3[nH]cc(-c4ccc5ncn(C6CCCN(S(C)(=O)=O)C6)c5c4)c3n2)ccn1. The minimum absolute atomic E-state index is 0.0322. The third kappa shape index (κ3) is 3.99. The molecule has 0 aliphatic carbocycles. The van der Waals surface area contributed by atoms with Gasteiger partial charge in [-0.15, -0.1) is 0 Å².